The number of hydrogen-bond donors (Lipinski definition) is 1. The highest BCUT2D eigenvalue weighted by Gasteiger charge is 2.22. The fourth-order valence-corrected chi connectivity index (χ4v) is 3.20. The Kier molecular flexibility index (Phi) is 5.27. The highest BCUT2D eigenvalue weighted by Crippen LogP contribution is 2.09. The standard InChI is InChI=1S/C17H20N6O2S/c1-4-22(10-14(24)18-9-13-6-5-7-26-13)16(25)15-20-17-19-11(2)8-12(3)23(17)21-15/h5-8H,4,9-10H2,1-3H3,(H,18,24). The zero-order valence-electron chi connectivity index (χ0n) is 14.9. The lowest BCUT2D eigenvalue weighted by atomic mass is 10.4. The molecule has 3 heterocycles. The third-order valence-electron chi connectivity index (χ3n) is 3.85. The molecular formula is C17H20N6O2S. The van der Waals surface area contributed by atoms with Crippen LogP contribution in [-0.4, -0.2) is 49.4 Å². The lowest BCUT2D eigenvalue weighted by molar-refractivity contribution is -0.121. The maximum atomic E-state index is 12.7. The molecule has 2 amide bonds. The predicted octanol–water partition coefficient (Wildman–Crippen LogP) is 1.58. The Morgan fingerprint density at radius 3 is 2.81 bits per heavy atom. The first-order valence-corrected chi connectivity index (χ1v) is 9.15. The monoisotopic (exact) mass is 372 g/mol. The van der Waals surface area contributed by atoms with Crippen LogP contribution in [0.3, 0.4) is 0 Å². The van der Waals surface area contributed by atoms with Crippen LogP contribution < -0.4 is 5.32 Å². The molecule has 3 aromatic rings. The molecule has 1 N–H and O–H groups in total. The van der Waals surface area contributed by atoms with Gasteiger partial charge in [0.25, 0.3) is 11.7 Å². The number of rotatable bonds is 6. The van der Waals surface area contributed by atoms with E-state index in [0.29, 0.717) is 18.9 Å². The summed E-state index contributed by atoms with van der Waals surface area (Å²) in [6, 6.07) is 5.75. The Morgan fingerprint density at radius 1 is 1.31 bits per heavy atom. The second-order valence-corrected chi connectivity index (χ2v) is 6.89. The number of carbonyl (C=O) groups is 2. The predicted molar refractivity (Wildman–Crippen MR) is 98.0 cm³/mol. The molecule has 0 bridgehead atoms. The van der Waals surface area contributed by atoms with E-state index in [2.05, 4.69) is 20.4 Å². The third kappa shape index (κ3) is 3.88. The van der Waals surface area contributed by atoms with E-state index in [1.54, 1.807) is 11.3 Å². The number of nitrogens with zero attached hydrogens (tertiary/aromatic N) is 5. The summed E-state index contributed by atoms with van der Waals surface area (Å²) in [5, 5.41) is 9.01. The summed E-state index contributed by atoms with van der Waals surface area (Å²) < 4.78 is 1.53. The fraction of sp³-hybridized carbons (Fsp3) is 0.353. The largest absolute Gasteiger partial charge is 0.350 e. The Hall–Kier alpha value is -2.81. The minimum Gasteiger partial charge on any atom is -0.350 e. The van der Waals surface area contributed by atoms with E-state index in [0.717, 1.165) is 16.3 Å². The van der Waals surface area contributed by atoms with Gasteiger partial charge in [-0.05, 0) is 38.3 Å². The second kappa shape index (κ2) is 7.61. The van der Waals surface area contributed by atoms with Gasteiger partial charge in [-0.1, -0.05) is 6.07 Å². The van der Waals surface area contributed by atoms with Crippen LogP contribution in [0.15, 0.2) is 23.6 Å². The van der Waals surface area contributed by atoms with E-state index in [1.165, 1.54) is 9.42 Å². The molecule has 0 spiro atoms. The van der Waals surface area contributed by atoms with Gasteiger partial charge < -0.3 is 10.2 Å². The van der Waals surface area contributed by atoms with Gasteiger partial charge in [-0.15, -0.1) is 16.4 Å². The maximum Gasteiger partial charge on any atom is 0.294 e. The van der Waals surface area contributed by atoms with Crippen LogP contribution in [0, 0.1) is 13.8 Å². The van der Waals surface area contributed by atoms with Crippen LogP contribution >= 0.6 is 11.3 Å². The number of aryl methyl sites for hydroxylation is 2. The molecule has 8 nitrogen and oxygen atoms in total. The minimum absolute atomic E-state index is 0.0400. The number of thiophene rings is 1. The molecule has 0 radical (unpaired) electrons. The number of hydrogen-bond acceptors (Lipinski definition) is 6. The Balaban J connectivity index is 1.70. The van der Waals surface area contributed by atoms with Crippen molar-refractivity contribution in [2.45, 2.75) is 27.3 Å². The van der Waals surface area contributed by atoms with Crippen LogP contribution in [0.4, 0.5) is 0 Å². The van der Waals surface area contributed by atoms with Crippen molar-refractivity contribution in [3.63, 3.8) is 0 Å². The third-order valence-corrected chi connectivity index (χ3v) is 4.73. The number of nitrogens with one attached hydrogen (secondary N) is 1. The number of aromatic nitrogens is 4. The van der Waals surface area contributed by atoms with Crippen molar-refractivity contribution in [2.75, 3.05) is 13.1 Å². The van der Waals surface area contributed by atoms with Gasteiger partial charge in [0.1, 0.15) is 0 Å². The minimum atomic E-state index is -0.388. The van der Waals surface area contributed by atoms with E-state index in [-0.39, 0.29) is 24.2 Å². The van der Waals surface area contributed by atoms with Crippen molar-refractivity contribution in [2.24, 2.45) is 0 Å². The van der Waals surface area contributed by atoms with Gasteiger partial charge in [0.15, 0.2) is 0 Å². The van der Waals surface area contributed by atoms with E-state index >= 15 is 0 Å². The Morgan fingerprint density at radius 2 is 2.12 bits per heavy atom. The first-order chi connectivity index (χ1) is 12.5. The number of fused-ring (bicyclic) bond motifs is 1. The smallest absolute Gasteiger partial charge is 0.294 e. The fourth-order valence-electron chi connectivity index (χ4n) is 2.55. The van der Waals surface area contributed by atoms with Gasteiger partial charge in [0.05, 0.1) is 13.1 Å². The molecule has 0 aromatic carbocycles. The lowest BCUT2D eigenvalue weighted by Crippen LogP contribution is -2.40. The molecule has 0 aliphatic carbocycles. The van der Waals surface area contributed by atoms with Crippen molar-refractivity contribution < 1.29 is 9.59 Å². The Labute approximate surface area is 154 Å². The molecule has 0 aliphatic heterocycles. The summed E-state index contributed by atoms with van der Waals surface area (Å²) >= 11 is 1.57. The second-order valence-electron chi connectivity index (χ2n) is 5.86. The van der Waals surface area contributed by atoms with E-state index in [9.17, 15) is 9.59 Å². The summed E-state index contributed by atoms with van der Waals surface area (Å²) in [6.45, 7) is 6.35. The van der Waals surface area contributed by atoms with Gasteiger partial charge in [-0.3, -0.25) is 9.59 Å². The zero-order chi connectivity index (χ0) is 18.7. The number of likely N-dealkylation sites (N-methyl/N-ethyl adjacent to an activating group) is 1. The molecule has 0 unspecified atom stereocenters. The zero-order valence-corrected chi connectivity index (χ0v) is 15.7. The molecule has 136 valence electrons. The SMILES string of the molecule is CCN(CC(=O)NCc1cccs1)C(=O)c1nc2nc(C)cc(C)n2n1. The van der Waals surface area contributed by atoms with Crippen LogP contribution in [0.25, 0.3) is 5.78 Å². The number of carbonyl (C=O) groups excluding carboxylic acids is 2. The Bertz CT molecular complexity index is 934. The average molecular weight is 372 g/mol. The first kappa shape index (κ1) is 18.0. The highest BCUT2D eigenvalue weighted by atomic mass is 32.1. The van der Waals surface area contributed by atoms with Crippen molar-refractivity contribution in [3.8, 4) is 0 Å². The van der Waals surface area contributed by atoms with Crippen LogP contribution in [-0.2, 0) is 11.3 Å². The molecule has 0 atom stereocenters. The molecule has 0 aliphatic rings. The van der Waals surface area contributed by atoms with Gasteiger partial charge >= 0.3 is 0 Å². The molecular weight excluding hydrogens is 352 g/mol. The van der Waals surface area contributed by atoms with E-state index in [4.69, 9.17) is 0 Å². The molecule has 0 fully saturated rings. The summed E-state index contributed by atoms with van der Waals surface area (Å²) in [6.07, 6.45) is 0. The van der Waals surface area contributed by atoms with Crippen molar-refractivity contribution in [1.29, 1.82) is 0 Å². The molecule has 26 heavy (non-hydrogen) atoms. The van der Waals surface area contributed by atoms with Crippen molar-refractivity contribution in [3.05, 3.63) is 45.7 Å². The highest BCUT2D eigenvalue weighted by molar-refractivity contribution is 7.09. The van der Waals surface area contributed by atoms with Crippen LogP contribution in [0.2, 0.25) is 0 Å². The molecule has 3 rings (SSSR count). The molecule has 3 aromatic heterocycles. The molecule has 0 saturated heterocycles. The van der Waals surface area contributed by atoms with Gasteiger partial charge in [-0.25, -0.2) is 9.50 Å². The summed E-state index contributed by atoms with van der Waals surface area (Å²) in [7, 11) is 0. The van der Waals surface area contributed by atoms with Crippen LogP contribution in [0.1, 0.15) is 33.8 Å². The number of amides is 2. The normalized spacial score (nSPS) is 10.9. The topological polar surface area (TPSA) is 92.5 Å². The quantitative estimate of drug-likeness (QED) is 0.709. The van der Waals surface area contributed by atoms with Gasteiger partial charge in [0.2, 0.25) is 11.7 Å². The van der Waals surface area contributed by atoms with Crippen molar-refractivity contribution >= 4 is 28.9 Å². The first-order valence-electron chi connectivity index (χ1n) is 8.27. The molecule has 0 saturated carbocycles. The average Bonchev–Trinajstić information content (AvgIpc) is 3.26. The van der Waals surface area contributed by atoms with Crippen LogP contribution in [0.5, 0.6) is 0 Å². The van der Waals surface area contributed by atoms with E-state index < -0.39 is 0 Å². The van der Waals surface area contributed by atoms with Crippen molar-refractivity contribution in [1.82, 2.24) is 29.8 Å². The van der Waals surface area contributed by atoms with E-state index in [1.807, 2.05) is 44.4 Å². The van der Waals surface area contributed by atoms with Gasteiger partial charge in [0, 0.05) is 22.8 Å². The lowest BCUT2D eigenvalue weighted by Gasteiger charge is -2.18. The summed E-state index contributed by atoms with van der Waals surface area (Å²) in [5.41, 5.74) is 1.65. The maximum absolute atomic E-state index is 12.7. The van der Waals surface area contributed by atoms with Gasteiger partial charge in [-0.2, -0.15) is 4.98 Å². The molecule has 9 heteroatoms. The summed E-state index contributed by atoms with van der Waals surface area (Å²) in [4.78, 5) is 35.8. The summed E-state index contributed by atoms with van der Waals surface area (Å²) in [5.74, 6) is -0.188.